The van der Waals surface area contributed by atoms with Crippen molar-refractivity contribution < 1.29 is 14.2 Å². The minimum Gasteiger partial charge on any atom is -0.501 e. The zero-order chi connectivity index (χ0) is 11.5. The zero-order valence-corrected chi connectivity index (χ0v) is 10.2. The summed E-state index contributed by atoms with van der Waals surface area (Å²) < 4.78 is 18.9. The minimum atomic E-state index is -0.785. The van der Waals surface area contributed by atoms with E-state index < -0.39 is 6.10 Å². The van der Waals surface area contributed by atoms with Crippen molar-refractivity contribution in [1.29, 1.82) is 0 Å². The fourth-order valence-corrected chi connectivity index (χ4v) is 2.22. The Hall–Kier alpha value is -0.870. The Balaban J connectivity index is 2.25. The molecule has 0 aliphatic carbocycles. The van der Waals surface area contributed by atoms with Crippen LogP contribution in [0.1, 0.15) is 24.5 Å². The van der Waals surface area contributed by atoms with Gasteiger partial charge in [-0.3, -0.25) is 0 Å². The van der Waals surface area contributed by atoms with Gasteiger partial charge in [0, 0.05) is 4.47 Å². The molecule has 1 atom stereocenters. The van der Waals surface area contributed by atoms with E-state index in [-0.39, 0.29) is 5.82 Å². The lowest BCUT2D eigenvalue weighted by molar-refractivity contribution is 0.170. The Bertz CT molecular complexity index is 397. The number of hydrogen-bond acceptors (Lipinski definition) is 2. The third-order valence-corrected chi connectivity index (χ3v) is 2.97. The molecule has 16 heavy (non-hydrogen) atoms. The Labute approximate surface area is 102 Å². The van der Waals surface area contributed by atoms with Gasteiger partial charge in [-0.25, -0.2) is 4.39 Å². The van der Waals surface area contributed by atoms with E-state index in [1.54, 1.807) is 12.3 Å². The number of benzene rings is 1. The molecule has 0 bridgehead atoms. The van der Waals surface area contributed by atoms with Crippen LogP contribution in [0.25, 0.3) is 0 Å². The fourth-order valence-electron chi connectivity index (χ4n) is 1.73. The van der Waals surface area contributed by atoms with Gasteiger partial charge in [0.05, 0.1) is 12.9 Å². The number of halogens is 2. The molecule has 0 saturated heterocycles. The van der Waals surface area contributed by atoms with E-state index in [0.717, 1.165) is 18.4 Å². The van der Waals surface area contributed by atoms with Crippen LogP contribution in [0, 0.1) is 5.82 Å². The normalized spacial score (nSPS) is 17.6. The van der Waals surface area contributed by atoms with E-state index in [1.807, 2.05) is 0 Å². The SMILES string of the molecule is OC(C1=COCCC1)c1cc(F)cc(Br)c1. The quantitative estimate of drug-likeness (QED) is 0.904. The van der Waals surface area contributed by atoms with Gasteiger partial charge in [0.25, 0.3) is 0 Å². The van der Waals surface area contributed by atoms with Gasteiger partial charge in [-0.15, -0.1) is 0 Å². The predicted octanol–water partition coefficient (Wildman–Crippen LogP) is 3.32. The van der Waals surface area contributed by atoms with E-state index in [2.05, 4.69) is 15.9 Å². The molecule has 0 saturated carbocycles. The van der Waals surface area contributed by atoms with Gasteiger partial charge in [-0.05, 0) is 42.2 Å². The van der Waals surface area contributed by atoms with Crippen molar-refractivity contribution in [3.63, 3.8) is 0 Å². The van der Waals surface area contributed by atoms with Gasteiger partial charge in [0.15, 0.2) is 0 Å². The summed E-state index contributed by atoms with van der Waals surface area (Å²) in [6.45, 7) is 0.684. The molecule has 4 heteroatoms. The summed E-state index contributed by atoms with van der Waals surface area (Å²) in [4.78, 5) is 0. The van der Waals surface area contributed by atoms with Crippen LogP contribution in [0.4, 0.5) is 4.39 Å². The molecule has 0 spiro atoms. The zero-order valence-electron chi connectivity index (χ0n) is 8.62. The summed E-state index contributed by atoms with van der Waals surface area (Å²) in [6, 6.07) is 4.41. The van der Waals surface area contributed by atoms with Crippen molar-refractivity contribution in [3.8, 4) is 0 Å². The molecule has 0 amide bonds. The number of hydrogen-bond donors (Lipinski definition) is 1. The summed E-state index contributed by atoms with van der Waals surface area (Å²) in [5.74, 6) is -0.360. The number of ether oxygens (including phenoxy) is 1. The molecule has 1 N–H and O–H groups in total. The van der Waals surface area contributed by atoms with Gasteiger partial charge in [-0.1, -0.05) is 15.9 Å². The number of aliphatic hydroxyl groups excluding tert-OH is 1. The van der Waals surface area contributed by atoms with Crippen LogP contribution in [-0.4, -0.2) is 11.7 Å². The van der Waals surface area contributed by atoms with Gasteiger partial charge in [-0.2, -0.15) is 0 Å². The van der Waals surface area contributed by atoms with Crippen LogP contribution in [0.5, 0.6) is 0 Å². The van der Waals surface area contributed by atoms with E-state index in [0.29, 0.717) is 16.6 Å². The summed E-state index contributed by atoms with van der Waals surface area (Å²) >= 11 is 3.20. The lowest BCUT2D eigenvalue weighted by atomic mass is 9.98. The summed E-state index contributed by atoms with van der Waals surface area (Å²) in [5.41, 5.74) is 1.34. The molecular formula is C12H12BrFO2. The molecule has 1 aliphatic rings. The third-order valence-electron chi connectivity index (χ3n) is 2.51. The van der Waals surface area contributed by atoms with E-state index >= 15 is 0 Å². The summed E-state index contributed by atoms with van der Waals surface area (Å²) in [7, 11) is 0. The molecule has 0 fully saturated rings. The lowest BCUT2D eigenvalue weighted by Gasteiger charge is -2.19. The minimum absolute atomic E-state index is 0.360. The number of aliphatic hydroxyl groups is 1. The Morgan fingerprint density at radius 1 is 1.38 bits per heavy atom. The van der Waals surface area contributed by atoms with Crippen LogP contribution in [0.15, 0.2) is 34.5 Å². The first kappa shape index (κ1) is 11.6. The number of rotatable bonds is 2. The second kappa shape index (κ2) is 4.97. The van der Waals surface area contributed by atoms with E-state index in [1.165, 1.54) is 12.1 Å². The van der Waals surface area contributed by atoms with Crippen molar-refractivity contribution in [2.45, 2.75) is 18.9 Å². The maximum Gasteiger partial charge on any atom is 0.124 e. The second-order valence-electron chi connectivity index (χ2n) is 3.77. The first-order chi connectivity index (χ1) is 7.66. The van der Waals surface area contributed by atoms with Crippen molar-refractivity contribution >= 4 is 15.9 Å². The highest BCUT2D eigenvalue weighted by atomic mass is 79.9. The van der Waals surface area contributed by atoms with Crippen LogP contribution < -0.4 is 0 Å². The highest BCUT2D eigenvalue weighted by Gasteiger charge is 2.17. The third kappa shape index (κ3) is 2.62. The molecule has 1 aromatic carbocycles. The largest absolute Gasteiger partial charge is 0.501 e. The summed E-state index contributed by atoms with van der Waals surface area (Å²) in [5, 5.41) is 10.1. The van der Waals surface area contributed by atoms with E-state index in [9.17, 15) is 9.50 Å². The molecular weight excluding hydrogens is 275 g/mol. The molecule has 0 aromatic heterocycles. The van der Waals surface area contributed by atoms with Gasteiger partial charge in [0.1, 0.15) is 11.9 Å². The van der Waals surface area contributed by atoms with Crippen LogP contribution >= 0.6 is 15.9 Å². The average molecular weight is 287 g/mol. The summed E-state index contributed by atoms with van der Waals surface area (Å²) in [6.07, 6.45) is 2.47. The average Bonchev–Trinajstić information content (AvgIpc) is 2.28. The maximum absolute atomic E-state index is 13.2. The van der Waals surface area contributed by atoms with Crippen molar-refractivity contribution in [2.75, 3.05) is 6.61 Å². The molecule has 2 nitrogen and oxygen atoms in total. The smallest absolute Gasteiger partial charge is 0.124 e. The van der Waals surface area contributed by atoms with Crippen molar-refractivity contribution in [2.24, 2.45) is 0 Å². The standard InChI is InChI=1S/C12H12BrFO2/c13-10-4-9(5-11(14)6-10)12(15)8-2-1-3-16-7-8/h4-7,12,15H,1-3H2. The van der Waals surface area contributed by atoms with Gasteiger partial charge in [0.2, 0.25) is 0 Å². The van der Waals surface area contributed by atoms with E-state index in [4.69, 9.17) is 4.74 Å². The first-order valence-electron chi connectivity index (χ1n) is 5.11. The van der Waals surface area contributed by atoms with Crippen molar-refractivity contribution in [1.82, 2.24) is 0 Å². The molecule has 0 radical (unpaired) electrons. The van der Waals surface area contributed by atoms with Crippen molar-refractivity contribution in [3.05, 3.63) is 45.9 Å². The highest BCUT2D eigenvalue weighted by Crippen LogP contribution is 2.29. The Morgan fingerprint density at radius 2 is 2.19 bits per heavy atom. The Kier molecular flexibility index (Phi) is 3.61. The van der Waals surface area contributed by atoms with Gasteiger partial charge < -0.3 is 9.84 Å². The Morgan fingerprint density at radius 3 is 2.81 bits per heavy atom. The highest BCUT2D eigenvalue weighted by molar-refractivity contribution is 9.10. The monoisotopic (exact) mass is 286 g/mol. The molecule has 1 heterocycles. The topological polar surface area (TPSA) is 29.5 Å². The second-order valence-corrected chi connectivity index (χ2v) is 4.69. The van der Waals surface area contributed by atoms with Crippen LogP contribution in [0.3, 0.4) is 0 Å². The molecule has 86 valence electrons. The fraction of sp³-hybridized carbons (Fsp3) is 0.333. The van der Waals surface area contributed by atoms with Gasteiger partial charge >= 0.3 is 0 Å². The predicted molar refractivity (Wildman–Crippen MR) is 62.3 cm³/mol. The maximum atomic E-state index is 13.2. The molecule has 2 rings (SSSR count). The first-order valence-corrected chi connectivity index (χ1v) is 5.91. The van der Waals surface area contributed by atoms with Crippen LogP contribution in [-0.2, 0) is 4.74 Å². The molecule has 1 unspecified atom stereocenters. The van der Waals surface area contributed by atoms with Crippen LogP contribution in [0.2, 0.25) is 0 Å². The molecule has 1 aromatic rings. The lowest BCUT2D eigenvalue weighted by Crippen LogP contribution is -2.08. The molecule has 1 aliphatic heterocycles.